The molecule has 2 aromatic rings. The predicted octanol–water partition coefficient (Wildman–Crippen LogP) is 3.56. The summed E-state index contributed by atoms with van der Waals surface area (Å²) in [5, 5.41) is 3.09. The number of anilines is 1. The molecule has 0 bridgehead atoms. The fourth-order valence-corrected chi connectivity index (χ4v) is 5.47. The molecule has 2 aromatic carbocycles. The Kier molecular flexibility index (Phi) is 9.86. The van der Waals surface area contributed by atoms with E-state index in [1.807, 2.05) is 30.3 Å². The second-order valence-electron chi connectivity index (χ2n) is 9.72. The average molecular weight is 528 g/mol. The lowest BCUT2D eigenvalue weighted by Gasteiger charge is -2.33. The maximum Gasteiger partial charge on any atom is 0.244 e. The molecule has 9 heteroatoms. The summed E-state index contributed by atoms with van der Waals surface area (Å²) in [6, 6.07) is 15.1. The molecule has 1 fully saturated rings. The van der Waals surface area contributed by atoms with Crippen molar-refractivity contribution in [1.29, 1.82) is 0 Å². The van der Waals surface area contributed by atoms with Crippen molar-refractivity contribution >= 4 is 33.3 Å². The molecule has 0 saturated heterocycles. The molecule has 3 rings (SSSR count). The van der Waals surface area contributed by atoms with E-state index in [0.29, 0.717) is 12.0 Å². The molecular formula is C28H37N3O5S. The van der Waals surface area contributed by atoms with E-state index in [9.17, 15) is 22.8 Å². The van der Waals surface area contributed by atoms with Gasteiger partial charge in [0, 0.05) is 18.2 Å². The molecule has 0 aromatic heterocycles. The van der Waals surface area contributed by atoms with Crippen LogP contribution < -0.4 is 9.62 Å². The first-order valence-corrected chi connectivity index (χ1v) is 14.6. The quantitative estimate of drug-likeness (QED) is 0.450. The van der Waals surface area contributed by atoms with Gasteiger partial charge < -0.3 is 10.2 Å². The molecule has 0 heterocycles. The number of hydrogen-bond donors (Lipinski definition) is 1. The molecule has 1 aliphatic rings. The summed E-state index contributed by atoms with van der Waals surface area (Å²) in [4.78, 5) is 40.1. The standard InChI is InChI=1S/C28H37N3O5S/c1-21(28(34)29-25-14-8-5-9-15-25)30(18-17-23-11-6-4-7-12-23)27(33)20-31(37(3,35)36)26-16-10-13-24(19-26)22(2)32/h4,6-7,10-13,16,19,21,25H,5,8-9,14-15,17-18,20H2,1-3H3,(H,29,34)/t21-/m1/s1. The normalized spacial score (nSPS) is 15.0. The van der Waals surface area contributed by atoms with Crippen LogP contribution >= 0.6 is 0 Å². The fraction of sp³-hybridized carbons (Fsp3) is 0.464. The van der Waals surface area contributed by atoms with Crippen molar-refractivity contribution in [3.8, 4) is 0 Å². The Morgan fingerprint density at radius 1 is 1.00 bits per heavy atom. The Bertz CT molecular complexity index is 1190. The lowest BCUT2D eigenvalue weighted by molar-refractivity contribution is -0.139. The van der Waals surface area contributed by atoms with Gasteiger partial charge >= 0.3 is 0 Å². The van der Waals surface area contributed by atoms with Gasteiger partial charge in [-0.1, -0.05) is 61.7 Å². The SMILES string of the molecule is CC(=O)c1cccc(N(CC(=O)N(CCc2ccccc2)[C@H](C)C(=O)NC2CCCCC2)S(C)(=O)=O)c1. The first-order chi connectivity index (χ1) is 17.6. The number of nitrogens with zero attached hydrogens (tertiary/aromatic N) is 2. The van der Waals surface area contributed by atoms with E-state index in [4.69, 9.17) is 0 Å². The van der Waals surface area contributed by atoms with Crippen LogP contribution in [0.15, 0.2) is 54.6 Å². The van der Waals surface area contributed by atoms with Gasteiger partial charge in [0.25, 0.3) is 0 Å². The van der Waals surface area contributed by atoms with Crippen molar-refractivity contribution in [2.45, 2.75) is 64.5 Å². The van der Waals surface area contributed by atoms with E-state index >= 15 is 0 Å². The summed E-state index contributed by atoms with van der Waals surface area (Å²) in [6.07, 6.45) is 6.68. The molecule has 0 unspecified atom stereocenters. The highest BCUT2D eigenvalue weighted by Crippen LogP contribution is 2.21. The second-order valence-corrected chi connectivity index (χ2v) is 11.6. The number of amides is 2. The number of sulfonamides is 1. The van der Waals surface area contributed by atoms with Crippen LogP contribution in [-0.4, -0.2) is 62.3 Å². The minimum Gasteiger partial charge on any atom is -0.352 e. The van der Waals surface area contributed by atoms with Crippen molar-refractivity contribution < 1.29 is 22.8 Å². The second kappa shape index (κ2) is 12.9. The van der Waals surface area contributed by atoms with Crippen LogP contribution in [0.2, 0.25) is 0 Å². The molecule has 37 heavy (non-hydrogen) atoms. The highest BCUT2D eigenvalue weighted by Gasteiger charge is 2.31. The van der Waals surface area contributed by atoms with Crippen molar-refractivity contribution in [2.24, 2.45) is 0 Å². The third-order valence-corrected chi connectivity index (χ3v) is 7.96. The van der Waals surface area contributed by atoms with E-state index in [0.717, 1.165) is 48.2 Å². The Morgan fingerprint density at radius 2 is 1.68 bits per heavy atom. The van der Waals surface area contributed by atoms with Crippen LogP contribution in [0.1, 0.15) is 61.9 Å². The summed E-state index contributed by atoms with van der Waals surface area (Å²) in [7, 11) is -3.85. The van der Waals surface area contributed by atoms with E-state index < -0.39 is 28.5 Å². The lowest BCUT2D eigenvalue weighted by atomic mass is 9.95. The van der Waals surface area contributed by atoms with Crippen LogP contribution in [0.4, 0.5) is 5.69 Å². The molecule has 2 amide bonds. The van der Waals surface area contributed by atoms with Crippen LogP contribution in [-0.2, 0) is 26.0 Å². The Morgan fingerprint density at radius 3 is 2.30 bits per heavy atom. The molecule has 0 radical (unpaired) electrons. The average Bonchev–Trinajstić information content (AvgIpc) is 2.87. The van der Waals surface area contributed by atoms with Gasteiger partial charge in [-0.05, 0) is 50.8 Å². The Balaban J connectivity index is 1.84. The van der Waals surface area contributed by atoms with Crippen LogP contribution in [0, 0.1) is 0 Å². The van der Waals surface area contributed by atoms with Gasteiger partial charge in [0.15, 0.2) is 5.78 Å². The van der Waals surface area contributed by atoms with Crippen LogP contribution in [0.3, 0.4) is 0 Å². The van der Waals surface area contributed by atoms with E-state index in [1.165, 1.54) is 17.9 Å². The largest absolute Gasteiger partial charge is 0.352 e. The number of rotatable bonds is 11. The zero-order chi connectivity index (χ0) is 27.0. The third kappa shape index (κ3) is 8.15. The van der Waals surface area contributed by atoms with Gasteiger partial charge in [-0.15, -0.1) is 0 Å². The fourth-order valence-electron chi connectivity index (χ4n) is 4.63. The smallest absolute Gasteiger partial charge is 0.244 e. The minimum atomic E-state index is -3.85. The van der Waals surface area contributed by atoms with E-state index in [2.05, 4.69) is 5.32 Å². The van der Waals surface area contributed by atoms with Crippen molar-refractivity contribution in [3.63, 3.8) is 0 Å². The van der Waals surface area contributed by atoms with Crippen molar-refractivity contribution in [1.82, 2.24) is 10.2 Å². The number of benzene rings is 2. The summed E-state index contributed by atoms with van der Waals surface area (Å²) in [6.45, 7) is 2.86. The number of carbonyl (C=O) groups is 3. The van der Waals surface area contributed by atoms with Gasteiger partial charge in [-0.2, -0.15) is 0 Å². The summed E-state index contributed by atoms with van der Waals surface area (Å²) in [5.74, 6) is -0.933. The topological polar surface area (TPSA) is 104 Å². The molecule has 0 aliphatic heterocycles. The highest BCUT2D eigenvalue weighted by atomic mass is 32.2. The number of carbonyl (C=O) groups excluding carboxylic acids is 3. The maximum absolute atomic E-state index is 13.6. The first kappa shape index (κ1) is 28.4. The van der Waals surface area contributed by atoms with Crippen LogP contribution in [0.25, 0.3) is 0 Å². The lowest BCUT2D eigenvalue weighted by Crippen LogP contribution is -2.53. The van der Waals surface area contributed by atoms with Crippen molar-refractivity contribution in [2.75, 3.05) is 23.7 Å². The summed E-state index contributed by atoms with van der Waals surface area (Å²) >= 11 is 0. The van der Waals surface area contributed by atoms with Crippen LogP contribution in [0.5, 0.6) is 0 Å². The number of nitrogens with one attached hydrogen (secondary N) is 1. The van der Waals surface area contributed by atoms with Gasteiger partial charge in [0.2, 0.25) is 21.8 Å². The Hall–Kier alpha value is -3.20. The summed E-state index contributed by atoms with van der Waals surface area (Å²) in [5.41, 5.74) is 1.58. The highest BCUT2D eigenvalue weighted by molar-refractivity contribution is 7.92. The first-order valence-electron chi connectivity index (χ1n) is 12.8. The van der Waals surface area contributed by atoms with Gasteiger partial charge in [-0.25, -0.2) is 8.42 Å². The van der Waals surface area contributed by atoms with E-state index in [-0.39, 0.29) is 30.0 Å². The van der Waals surface area contributed by atoms with Gasteiger partial charge in [0.05, 0.1) is 11.9 Å². The molecule has 1 N–H and O–H groups in total. The molecule has 0 spiro atoms. The monoisotopic (exact) mass is 527 g/mol. The zero-order valence-corrected chi connectivity index (χ0v) is 22.7. The molecule has 8 nitrogen and oxygen atoms in total. The molecule has 1 aliphatic carbocycles. The van der Waals surface area contributed by atoms with Gasteiger partial charge in [-0.3, -0.25) is 18.7 Å². The third-order valence-electron chi connectivity index (χ3n) is 6.82. The number of Topliss-reactive ketones (excluding diaryl/α,β-unsaturated/α-hetero) is 1. The molecule has 200 valence electrons. The number of hydrogen-bond acceptors (Lipinski definition) is 5. The zero-order valence-electron chi connectivity index (χ0n) is 21.9. The Labute approximate surface area is 220 Å². The maximum atomic E-state index is 13.6. The molecule has 1 saturated carbocycles. The number of ketones is 1. The van der Waals surface area contributed by atoms with Crippen molar-refractivity contribution in [3.05, 3.63) is 65.7 Å². The predicted molar refractivity (Wildman–Crippen MR) is 145 cm³/mol. The van der Waals surface area contributed by atoms with Gasteiger partial charge in [0.1, 0.15) is 12.6 Å². The van der Waals surface area contributed by atoms with E-state index in [1.54, 1.807) is 25.1 Å². The molecule has 1 atom stereocenters. The molecular weight excluding hydrogens is 490 g/mol. The minimum absolute atomic E-state index is 0.0941. The summed E-state index contributed by atoms with van der Waals surface area (Å²) < 4.78 is 26.4.